The summed E-state index contributed by atoms with van der Waals surface area (Å²) in [5.41, 5.74) is 1.47. The van der Waals surface area contributed by atoms with Crippen LogP contribution in [0.15, 0.2) is 18.2 Å². The molecule has 0 saturated heterocycles. The third kappa shape index (κ3) is 4.15. The van der Waals surface area contributed by atoms with Gasteiger partial charge in [-0.2, -0.15) is 0 Å². The summed E-state index contributed by atoms with van der Waals surface area (Å²) in [5, 5.41) is 11.8. The van der Waals surface area contributed by atoms with E-state index < -0.39 is 12.0 Å². The van der Waals surface area contributed by atoms with Crippen LogP contribution in [0.5, 0.6) is 0 Å². The van der Waals surface area contributed by atoms with Crippen LogP contribution in [-0.4, -0.2) is 17.1 Å². The lowest BCUT2D eigenvalue weighted by molar-refractivity contribution is -0.139. The Balaban J connectivity index is 2.64. The Hall–Kier alpha value is -1.42. The molecule has 0 aliphatic heterocycles. The lowest BCUT2D eigenvalue weighted by atomic mass is 10.1. The predicted molar refractivity (Wildman–Crippen MR) is 64.3 cm³/mol. The van der Waals surface area contributed by atoms with Crippen LogP contribution < -0.4 is 5.32 Å². The molecule has 0 aliphatic carbocycles. The van der Waals surface area contributed by atoms with Crippen molar-refractivity contribution < 1.29 is 14.3 Å². The fraction of sp³-hybridized carbons (Fsp3) is 0.462. The number of rotatable bonds is 6. The van der Waals surface area contributed by atoms with Crippen molar-refractivity contribution in [3.05, 3.63) is 35.1 Å². The molecule has 0 saturated carbocycles. The molecule has 0 aliphatic rings. The number of benzene rings is 1. The van der Waals surface area contributed by atoms with Gasteiger partial charge in [0.15, 0.2) is 0 Å². The SMILES string of the molecule is CCCC(NCc1cc(C)ccc1F)C(=O)O. The molecular formula is C13H18FNO2. The minimum Gasteiger partial charge on any atom is -0.480 e. The second-order valence-corrected chi connectivity index (χ2v) is 4.16. The number of aryl methyl sites for hydroxylation is 1. The van der Waals surface area contributed by atoms with Crippen molar-refractivity contribution >= 4 is 5.97 Å². The summed E-state index contributed by atoms with van der Waals surface area (Å²) in [4.78, 5) is 10.9. The van der Waals surface area contributed by atoms with Gasteiger partial charge in [0.2, 0.25) is 0 Å². The molecule has 0 heterocycles. The first-order valence-corrected chi connectivity index (χ1v) is 5.75. The lowest BCUT2D eigenvalue weighted by Gasteiger charge is -2.14. The highest BCUT2D eigenvalue weighted by Crippen LogP contribution is 2.10. The van der Waals surface area contributed by atoms with Gasteiger partial charge in [-0.25, -0.2) is 4.39 Å². The first kappa shape index (κ1) is 13.6. The van der Waals surface area contributed by atoms with E-state index in [1.54, 1.807) is 12.1 Å². The topological polar surface area (TPSA) is 49.3 Å². The Morgan fingerprint density at radius 1 is 1.53 bits per heavy atom. The highest BCUT2D eigenvalue weighted by Gasteiger charge is 2.15. The average Bonchev–Trinajstić information content (AvgIpc) is 2.28. The Morgan fingerprint density at radius 2 is 2.24 bits per heavy atom. The van der Waals surface area contributed by atoms with Crippen LogP contribution in [0.3, 0.4) is 0 Å². The van der Waals surface area contributed by atoms with Gasteiger partial charge in [-0.1, -0.05) is 31.0 Å². The van der Waals surface area contributed by atoms with E-state index in [2.05, 4.69) is 5.32 Å². The third-order valence-electron chi connectivity index (χ3n) is 2.62. The van der Waals surface area contributed by atoms with E-state index in [-0.39, 0.29) is 12.4 Å². The van der Waals surface area contributed by atoms with Crippen LogP contribution in [0.25, 0.3) is 0 Å². The van der Waals surface area contributed by atoms with E-state index in [1.807, 2.05) is 13.8 Å². The lowest BCUT2D eigenvalue weighted by Crippen LogP contribution is -2.36. The van der Waals surface area contributed by atoms with Gasteiger partial charge in [-0.05, 0) is 19.4 Å². The van der Waals surface area contributed by atoms with Crippen molar-refractivity contribution in [2.75, 3.05) is 0 Å². The van der Waals surface area contributed by atoms with Crippen molar-refractivity contribution in [1.82, 2.24) is 5.32 Å². The van der Waals surface area contributed by atoms with Gasteiger partial charge < -0.3 is 10.4 Å². The van der Waals surface area contributed by atoms with Gasteiger partial charge >= 0.3 is 5.97 Å². The molecule has 0 aromatic heterocycles. The number of aliphatic carboxylic acids is 1. The molecule has 1 atom stereocenters. The molecule has 1 aromatic rings. The zero-order valence-corrected chi connectivity index (χ0v) is 10.2. The summed E-state index contributed by atoms with van der Waals surface area (Å²) in [6.07, 6.45) is 1.32. The molecule has 94 valence electrons. The number of hydrogen-bond donors (Lipinski definition) is 2. The minimum absolute atomic E-state index is 0.241. The maximum atomic E-state index is 13.4. The normalized spacial score (nSPS) is 12.4. The Morgan fingerprint density at radius 3 is 2.82 bits per heavy atom. The zero-order valence-electron chi connectivity index (χ0n) is 10.2. The van der Waals surface area contributed by atoms with Crippen molar-refractivity contribution in [1.29, 1.82) is 0 Å². The maximum Gasteiger partial charge on any atom is 0.320 e. The van der Waals surface area contributed by atoms with Gasteiger partial charge in [-0.3, -0.25) is 4.79 Å². The number of carboxylic acids is 1. The maximum absolute atomic E-state index is 13.4. The van der Waals surface area contributed by atoms with Crippen LogP contribution in [0.2, 0.25) is 0 Å². The quantitative estimate of drug-likeness (QED) is 0.801. The van der Waals surface area contributed by atoms with Gasteiger partial charge in [0, 0.05) is 12.1 Å². The molecular weight excluding hydrogens is 221 g/mol. The molecule has 2 N–H and O–H groups in total. The summed E-state index contributed by atoms with van der Waals surface area (Å²) >= 11 is 0. The molecule has 17 heavy (non-hydrogen) atoms. The molecule has 0 radical (unpaired) electrons. The van der Waals surface area contributed by atoms with Crippen LogP contribution in [0.4, 0.5) is 4.39 Å². The van der Waals surface area contributed by atoms with E-state index >= 15 is 0 Å². The Bertz CT molecular complexity index is 393. The molecule has 1 unspecified atom stereocenters. The fourth-order valence-corrected chi connectivity index (χ4v) is 1.67. The van der Waals surface area contributed by atoms with Crippen LogP contribution >= 0.6 is 0 Å². The Kier molecular flexibility index (Phi) is 5.10. The summed E-state index contributed by atoms with van der Waals surface area (Å²) in [6.45, 7) is 4.04. The van der Waals surface area contributed by atoms with Gasteiger partial charge in [0.1, 0.15) is 11.9 Å². The number of halogens is 1. The molecule has 0 amide bonds. The molecule has 0 spiro atoms. The first-order valence-electron chi connectivity index (χ1n) is 5.75. The van der Waals surface area contributed by atoms with Crippen molar-refractivity contribution in [2.24, 2.45) is 0 Å². The standard InChI is InChI=1S/C13H18FNO2/c1-3-4-12(13(16)17)15-8-10-7-9(2)5-6-11(10)14/h5-7,12,15H,3-4,8H2,1-2H3,(H,16,17). The van der Waals surface area contributed by atoms with E-state index in [0.29, 0.717) is 12.0 Å². The number of carbonyl (C=O) groups is 1. The van der Waals surface area contributed by atoms with E-state index in [4.69, 9.17) is 5.11 Å². The summed E-state index contributed by atoms with van der Waals surface area (Å²) < 4.78 is 13.4. The summed E-state index contributed by atoms with van der Waals surface area (Å²) in [5.74, 6) is -1.19. The van der Waals surface area contributed by atoms with Crippen LogP contribution in [0.1, 0.15) is 30.9 Å². The van der Waals surface area contributed by atoms with Crippen LogP contribution in [0, 0.1) is 12.7 Å². The zero-order chi connectivity index (χ0) is 12.8. The first-order chi connectivity index (χ1) is 8.04. The third-order valence-corrected chi connectivity index (χ3v) is 2.62. The minimum atomic E-state index is -0.889. The smallest absolute Gasteiger partial charge is 0.320 e. The average molecular weight is 239 g/mol. The van der Waals surface area contributed by atoms with E-state index in [0.717, 1.165) is 12.0 Å². The number of hydrogen-bond acceptors (Lipinski definition) is 2. The van der Waals surface area contributed by atoms with Gasteiger partial charge in [0.05, 0.1) is 0 Å². The van der Waals surface area contributed by atoms with E-state index in [1.165, 1.54) is 6.07 Å². The summed E-state index contributed by atoms with van der Waals surface area (Å²) in [6, 6.07) is 4.22. The van der Waals surface area contributed by atoms with Crippen molar-refractivity contribution in [3.63, 3.8) is 0 Å². The Labute approximate surface area is 101 Å². The fourth-order valence-electron chi connectivity index (χ4n) is 1.67. The second kappa shape index (κ2) is 6.35. The largest absolute Gasteiger partial charge is 0.480 e. The highest BCUT2D eigenvalue weighted by atomic mass is 19.1. The van der Waals surface area contributed by atoms with Crippen LogP contribution in [-0.2, 0) is 11.3 Å². The predicted octanol–water partition coefficient (Wildman–Crippen LogP) is 2.48. The molecule has 0 bridgehead atoms. The molecule has 1 rings (SSSR count). The van der Waals surface area contributed by atoms with Crippen molar-refractivity contribution in [2.45, 2.75) is 39.3 Å². The molecule has 0 fully saturated rings. The summed E-state index contributed by atoms with van der Waals surface area (Å²) in [7, 11) is 0. The van der Waals surface area contributed by atoms with Gasteiger partial charge in [-0.15, -0.1) is 0 Å². The molecule has 3 nitrogen and oxygen atoms in total. The molecule has 1 aromatic carbocycles. The monoisotopic (exact) mass is 239 g/mol. The van der Waals surface area contributed by atoms with E-state index in [9.17, 15) is 9.18 Å². The van der Waals surface area contributed by atoms with Gasteiger partial charge in [0.25, 0.3) is 0 Å². The second-order valence-electron chi connectivity index (χ2n) is 4.16. The highest BCUT2D eigenvalue weighted by molar-refractivity contribution is 5.73. The van der Waals surface area contributed by atoms with Crippen molar-refractivity contribution in [3.8, 4) is 0 Å². The molecule has 4 heteroatoms. The number of nitrogens with one attached hydrogen (secondary N) is 1. The number of carboxylic acid groups (broad SMARTS) is 1.